The maximum Gasteiger partial charge on any atom is 0.247 e. The lowest BCUT2D eigenvalue weighted by Crippen LogP contribution is -2.39. The Morgan fingerprint density at radius 1 is 1.07 bits per heavy atom. The summed E-state index contributed by atoms with van der Waals surface area (Å²) in [5.74, 6) is 0.654. The van der Waals surface area contributed by atoms with Crippen LogP contribution in [0.2, 0.25) is 0 Å². The van der Waals surface area contributed by atoms with Crippen molar-refractivity contribution in [1.29, 1.82) is 0 Å². The number of nitrogens with zero attached hydrogens (tertiary/aromatic N) is 3. The number of para-hydroxylation sites is 3. The monoisotopic (exact) mass is 392 g/mol. The highest BCUT2D eigenvalue weighted by Gasteiger charge is 2.22. The topological polar surface area (TPSA) is 67.2 Å². The van der Waals surface area contributed by atoms with Crippen LogP contribution in [0.3, 0.4) is 0 Å². The molecule has 0 atom stereocenters. The van der Waals surface area contributed by atoms with Gasteiger partial charge in [0.25, 0.3) is 0 Å². The number of nitrogens with one attached hydrogen (secondary N) is 1. The number of imidazole rings is 1. The molecule has 0 radical (unpaired) electrons. The van der Waals surface area contributed by atoms with Crippen LogP contribution >= 0.6 is 0 Å². The van der Waals surface area contributed by atoms with Gasteiger partial charge in [-0.05, 0) is 44.5 Å². The van der Waals surface area contributed by atoms with Gasteiger partial charge in [-0.15, -0.1) is 0 Å². The number of anilines is 1. The van der Waals surface area contributed by atoms with Crippen molar-refractivity contribution in [1.82, 2.24) is 14.9 Å². The molecule has 0 saturated heterocycles. The first kappa shape index (κ1) is 20.6. The summed E-state index contributed by atoms with van der Waals surface area (Å²) in [5.41, 5.74) is 2.57. The number of hydrogen-bond acceptors (Lipinski definition) is 3. The third kappa shape index (κ3) is 4.83. The second-order valence-electron chi connectivity index (χ2n) is 7.32. The van der Waals surface area contributed by atoms with Crippen LogP contribution in [-0.4, -0.2) is 27.4 Å². The molecule has 1 N–H and O–H groups in total. The fourth-order valence-electron chi connectivity index (χ4n) is 3.46. The maximum atomic E-state index is 13.3. The van der Waals surface area contributed by atoms with Crippen molar-refractivity contribution >= 4 is 28.5 Å². The molecule has 6 heteroatoms. The van der Waals surface area contributed by atoms with Gasteiger partial charge in [0, 0.05) is 18.2 Å². The molecule has 0 unspecified atom stereocenters. The van der Waals surface area contributed by atoms with Crippen molar-refractivity contribution < 1.29 is 9.59 Å². The predicted octanol–water partition coefficient (Wildman–Crippen LogP) is 3.89. The molecule has 0 fully saturated rings. The molecule has 0 spiro atoms. The van der Waals surface area contributed by atoms with E-state index < -0.39 is 0 Å². The third-order valence-corrected chi connectivity index (χ3v) is 4.77. The van der Waals surface area contributed by atoms with Gasteiger partial charge in [0.1, 0.15) is 12.4 Å². The standard InChI is InChI=1S/C23H28N4O2/c1-4-10-22(28)24-15-21-25-19-13-8-9-14-20(19)26(21)16-23(29)27(17(2)3)18-11-6-5-7-12-18/h5-9,11-14,17H,4,10,15-16H2,1-3H3,(H,24,28). The van der Waals surface area contributed by atoms with Gasteiger partial charge in [-0.3, -0.25) is 9.59 Å². The smallest absolute Gasteiger partial charge is 0.247 e. The van der Waals surface area contributed by atoms with E-state index in [1.54, 1.807) is 4.90 Å². The molecule has 3 aromatic rings. The van der Waals surface area contributed by atoms with Gasteiger partial charge >= 0.3 is 0 Å². The largest absolute Gasteiger partial charge is 0.349 e. The Morgan fingerprint density at radius 2 is 1.76 bits per heavy atom. The zero-order valence-corrected chi connectivity index (χ0v) is 17.3. The molecule has 2 aromatic carbocycles. The number of amides is 2. The fraction of sp³-hybridized carbons (Fsp3) is 0.348. The minimum absolute atomic E-state index is 0.00877. The lowest BCUT2D eigenvalue weighted by atomic mass is 10.2. The number of carbonyl (C=O) groups excluding carboxylic acids is 2. The molecule has 3 rings (SSSR count). The van der Waals surface area contributed by atoms with Crippen molar-refractivity contribution in [3.05, 3.63) is 60.4 Å². The number of fused-ring (bicyclic) bond motifs is 1. The summed E-state index contributed by atoms with van der Waals surface area (Å²) < 4.78 is 1.90. The minimum atomic E-state index is -0.0181. The molecular weight excluding hydrogens is 364 g/mol. The SMILES string of the molecule is CCCC(=O)NCc1nc2ccccc2n1CC(=O)N(c1ccccc1)C(C)C. The number of benzene rings is 2. The number of rotatable bonds is 8. The van der Waals surface area contributed by atoms with Gasteiger partial charge in [-0.2, -0.15) is 0 Å². The number of hydrogen-bond donors (Lipinski definition) is 1. The fourth-order valence-corrected chi connectivity index (χ4v) is 3.46. The number of aromatic nitrogens is 2. The first-order valence-corrected chi connectivity index (χ1v) is 10.1. The molecule has 0 bridgehead atoms. The Bertz CT molecular complexity index is 979. The van der Waals surface area contributed by atoms with Crippen LogP contribution in [0.15, 0.2) is 54.6 Å². The molecule has 6 nitrogen and oxygen atoms in total. The summed E-state index contributed by atoms with van der Waals surface area (Å²) in [4.78, 5) is 31.7. The summed E-state index contributed by atoms with van der Waals surface area (Å²) >= 11 is 0. The van der Waals surface area contributed by atoms with E-state index in [0.717, 1.165) is 23.1 Å². The Labute approximate surface area is 171 Å². The Morgan fingerprint density at radius 3 is 2.45 bits per heavy atom. The van der Waals surface area contributed by atoms with Crippen molar-refractivity contribution in [3.63, 3.8) is 0 Å². The normalized spacial score (nSPS) is 11.0. The van der Waals surface area contributed by atoms with E-state index in [-0.39, 0.29) is 24.4 Å². The molecule has 0 aliphatic heterocycles. The molecule has 152 valence electrons. The van der Waals surface area contributed by atoms with Crippen LogP contribution < -0.4 is 10.2 Å². The van der Waals surface area contributed by atoms with E-state index in [9.17, 15) is 9.59 Å². The van der Waals surface area contributed by atoms with Crippen LogP contribution in [0.25, 0.3) is 11.0 Å². The lowest BCUT2D eigenvalue weighted by molar-refractivity contribution is -0.121. The third-order valence-electron chi connectivity index (χ3n) is 4.77. The second kappa shape index (κ2) is 9.37. The molecule has 1 heterocycles. The van der Waals surface area contributed by atoms with Gasteiger partial charge in [0.05, 0.1) is 17.6 Å². The van der Waals surface area contributed by atoms with Crippen molar-refractivity contribution in [2.45, 2.75) is 52.7 Å². The van der Waals surface area contributed by atoms with Crippen molar-refractivity contribution in [2.75, 3.05) is 4.90 Å². The number of carbonyl (C=O) groups is 2. The van der Waals surface area contributed by atoms with E-state index in [1.165, 1.54) is 0 Å². The highest BCUT2D eigenvalue weighted by atomic mass is 16.2. The van der Waals surface area contributed by atoms with Gasteiger partial charge < -0.3 is 14.8 Å². The highest BCUT2D eigenvalue weighted by Crippen LogP contribution is 2.20. The summed E-state index contributed by atoms with van der Waals surface area (Å²) in [6.07, 6.45) is 1.27. The zero-order valence-electron chi connectivity index (χ0n) is 17.3. The highest BCUT2D eigenvalue weighted by molar-refractivity contribution is 5.94. The summed E-state index contributed by atoms with van der Waals surface area (Å²) in [6.45, 7) is 6.43. The molecule has 1 aromatic heterocycles. The molecule has 0 aliphatic carbocycles. The van der Waals surface area contributed by atoms with Gasteiger partial charge in [-0.1, -0.05) is 37.3 Å². The first-order chi connectivity index (χ1) is 14.0. The van der Waals surface area contributed by atoms with E-state index in [2.05, 4.69) is 10.3 Å². The maximum absolute atomic E-state index is 13.3. The Hall–Kier alpha value is -3.15. The van der Waals surface area contributed by atoms with Gasteiger partial charge in [0.2, 0.25) is 11.8 Å². The molecule has 0 aliphatic rings. The summed E-state index contributed by atoms with van der Waals surface area (Å²) in [7, 11) is 0. The molecular formula is C23H28N4O2. The van der Waals surface area contributed by atoms with E-state index in [1.807, 2.05) is 79.9 Å². The average molecular weight is 393 g/mol. The first-order valence-electron chi connectivity index (χ1n) is 10.1. The average Bonchev–Trinajstić information content (AvgIpc) is 3.05. The summed E-state index contributed by atoms with van der Waals surface area (Å²) in [5, 5.41) is 2.91. The van der Waals surface area contributed by atoms with Crippen LogP contribution in [0.1, 0.15) is 39.4 Å². The van der Waals surface area contributed by atoms with Gasteiger partial charge in [-0.25, -0.2) is 4.98 Å². The molecule has 0 saturated carbocycles. The predicted molar refractivity (Wildman–Crippen MR) is 116 cm³/mol. The molecule has 2 amide bonds. The zero-order chi connectivity index (χ0) is 20.8. The van der Waals surface area contributed by atoms with Crippen LogP contribution in [-0.2, 0) is 22.7 Å². The van der Waals surface area contributed by atoms with Crippen molar-refractivity contribution in [3.8, 4) is 0 Å². The van der Waals surface area contributed by atoms with Crippen molar-refractivity contribution in [2.24, 2.45) is 0 Å². The van der Waals surface area contributed by atoms with Crippen LogP contribution in [0, 0.1) is 0 Å². The van der Waals surface area contributed by atoms with E-state index >= 15 is 0 Å². The molecule has 29 heavy (non-hydrogen) atoms. The minimum Gasteiger partial charge on any atom is -0.349 e. The summed E-state index contributed by atoms with van der Waals surface area (Å²) in [6, 6.07) is 17.4. The Balaban J connectivity index is 1.90. The van der Waals surface area contributed by atoms with Crippen LogP contribution in [0.4, 0.5) is 5.69 Å². The lowest BCUT2D eigenvalue weighted by Gasteiger charge is -2.27. The van der Waals surface area contributed by atoms with Gasteiger partial charge in [0.15, 0.2) is 0 Å². The van der Waals surface area contributed by atoms with E-state index in [0.29, 0.717) is 18.8 Å². The second-order valence-corrected chi connectivity index (χ2v) is 7.32. The van der Waals surface area contributed by atoms with Crippen LogP contribution in [0.5, 0.6) is 0 Å². The van der Waals surface area contributed by atoms with E-state index in [4.69, 9.17) is 0 Å². The Kier molecular flexibility index (Phi) is 6.65. The quantitative estimate of drug-likeness (QED) is 0.632.